The zero-order valence-corrected chi connectivity index (χ0v) is 14.1. The molecule has 0 saturated carbocycles. The van der Waals surface area contributed by atoms with Crippen molar-refractivity contribution < 1.29 is 18.7 Å². The first-order valence-electron chi connectivity index (χ1n) is 8.60. The van der Waals surface area contributed by atoms with Crippen LogP contribution in [0.25, 0.3) is 0 Å². The van der Waals surface area contributed by atoms with Crippen LogP contribution in [0.2, 0.25) is 0 Å². The summed E-state index contributed by atoms with van der Waals surface area (Å²) in [6, 6.07) is 14.4. The van der Waals surface area contributed by atoms with Crippen LogP contribution in [-0.4, -0.2) is 30.7 Å². The molecule has 0 aliphatic carbocycles. The van der Waals surface area contributed by atoms with Crippen molar-refractivity contribution in [2.75, 3.05) is 19.7 Å². The van der Waals surface area contributed by atoms with Crippen molar-refractivity contribution in [2.45, 2.75) is 24.9 Å². The average molecular weight is 341 g/mol. The second-order valence-corrected chi connectivity index (χ2v) is 6.49. The summed E-state index contributed by atoms with van der Waals surface area (Å²) in [5.41, 5.74) is 1.23. The molecule has 1 fully saturated rings. The van der Waals surface area contributed by atoms with Crippen LogP contribution < -0.4 is 4.74 Å². The maximum atomic E-state index is 13.9. The van der Waals surface area contributed by atoms with Crippen LogP contribution in [0.5, 0.6) is 5.75 Å². The lowest BCUT2D eigenvalue weighted by atomic mass is 9.74. The molecular weight excluding hydrogens is 321 g/mol. The number of carbonyl (C=O) groups is 1. The van der Waals surface area contributed by atoms with E-state index >= 15 is 0 Å². The Balaban J connectivity index is 1.75. The van der Waals surface area contributed by atoms with Gasteiger partial charge in [0.15, 0.2) is 0 Å². The van der Waals surface area contributed by atoms with Crippen molar-refractivity contribution in [3.63, 3.8) is 0 Å². The molecule has 0 N–H and O–H groups in total. The molecule has 2 heterocycles. The van der Waals surface area contributed by atoms with Crippen molar-refractivity contribution in [2.24, 2.45) is 0 Å². The number of carbonyl (C=O) groups excluding carboxylic acids is 1. The van der Waals surface area contributed by atoms with Gasteiger partial charge < -0.3 is 14.4 Å². The van der Waals surface area contributed by atoms with E-state index in [0.29, 0.717) is 26.1 Å². The van der Waals surface area contributed by atoms with E-state index in [1.165, 1.54) is 6.07 Å². The number of ether oxygens (including phenoxy) is 2. The number of fused-ring (bicyclic) bond motifs is 3. The van der Waals surface area contributed by atoms with Gasteiger partial charge in [-0.3, -0.25) is 0 Å². The highest BCUT2D eigenvalue weighted by Gasteiger charge is 2.53. The molecule has 4 rings (SSSR count). The lowest BCUT2D eigenvalue weighted by Gasteiger charge is -2.43. The van der Waals surface area contributed by atoms with Gasteiger partial charge in [-0.25, -0.2) is 9.18 Å². The lowest BCUT2D eigenvalue weighted by Crippen LogP contribution is -2.50. The number of piperidine rings is 1. The van der Waals surface area contributed by atoms with Crippen LogP contribution in [0, 0.1) is 5.82 Å². The molecule has 0 aromatic heterocycles. The smallest absolute Gasteiger partial charge is 0.409 e. The van der Waals surface area contributed by atoms with Crippen LogP contribution in [0.4, 0.5) is 9.18 Å². The number of benzene rings is 2. The first-order valence-corrected chi connectivity index (χ1v) is 8.60. The zero-order chi connectivity index (χ0) is 17.4. The monoisotopic (exact) mass is 341 g/mol. The molecule has 25 heavy (non-hydrogen) atoms. The number of hydrogen-bond donors (Lipinski definition) is 0. The largest absolute Gasteiger partial charge is 0.481 e. The minimum Gasteiger partial charge on any atom is -0.481 e. The van der Waals surface area contributed by atoms with Gasteiger partial charge in [-0.2, -0.15) is 0 Å². The number of rotatable bonds is 2. The van der Waals surface area contributed by atoms with Crippen molar-refractivity contribution in [3.05, 3.63) is 65.5 Å². The number of nitrogens with zero attached hydrogens (tertiary/aromatic N) is 1. The van der Waals surface area contributed by atoms with Gasteiger partial charge >= 0.3 is 6.09 Å². The van der Waals surface area contributed by atoms with Crippen molar-refractivity contribution in [1.29, 1.82) is 0 Å². The molecule has 2 aliphatic heterocycles. The van der Waals surface area contributed by atoms with E-state index in [9.17, 15) is 9.18 Å². The predicted octanol–water partition coefficient (Wildman–Crippen LogP) is 4.06. The molecule has 0 bridgehead atoms. The van der Waals surface area contributed by atoms with Gasteiger partial charge in [0.05, 0.1) is 6.61 Å². The van der Waals surface area contributed by atoms with E-state index in [4.69, 9.17) is 9.47 Å². The van der Waals surface area contributed by atoms with Gasteiger partial charge in [0.1, 0.15) is 17.2 Å². The summed E-state index contributed by atoms with van der Waals surface area (Å²) in [6.45, 7) is 3.15. The molecule has 0 radical (unpaired) electrons. The molecule has 2 aromatic carbocycles. The Hall–Kier alpha value is -2.56. The maximum Gasteiger partial charge on any atom is 0.409 e. The minimum atomic E-state index is -0.644. The molecule has 5 heteroatoms. The molecule has 4 nitrogen and oxygen atoms in total. The van der Waals surface area contributed by atoms with Gasteiger partial charge in [0.2, 0.25) is 0 Å². The zero-order valence-electron chi connectivity index (χ0n) is 14.1. The van der Waals surface area contributed by atoms with Crippen molar-refractivity contribution in [1.82, 2.24) is 4.90 Å². The standard InChI is InChI=1S/C20H20FNO3/c1-2-24-19(23)22-11-10-20(14-6-5-7-15(21)12-14)17(13-22)16-8-3-4-9-18(16)25-20/h3-9,12,17H,2,10-11,13H2,1H3/t17-,20+/m1/s1. The fraction of sp³-hybridized carbons (Fsp3) is 0.350. The Morgan fingerprint density at radius 1 is 1.32 bits per heavy atom. The second-order valence-electron chi connectivity index (χ2n) is 6.49. The van der Waals surface area contributed by atoms with Gasteiger partial charge in [0.25, 0.3) is 0 Å². The summed E-state index contributed by atoms with van der Waals surface area (Å²) in [6.07, 6.45) is 0.286. The highest BCUT2D eigenvalue weighted by Crippen LogP contribution is 2.54. The molecule has 1 amide bonds. The molecule has 0 spiro atoms. The Morgan fingerprint density at radius 3 is 2.96 bits per heavy atom. The summed E-state index contributed by atoms with van der Waals surface area (Å²) in [5.74, 6) is 0.476. The van der Waals surface area contributed by atoms with Gasteiger partial charge in [-0.1, -0.05) is 30.3 Å². The summed E-state index contributed by atoms with van der Waals surface area (Å²) in [4.78, 5) is 13.9. The van der Waals surface area contributed by atoms with Crippen LogP contribution in [-0.2, 0) is 10.3 Å². The third-order valence-electron chi connectivity index (χ3n) is 5.14. The number of amides is 1. The predicted molar refractivity (Wildman–Crippen MR) is 91.1 cm³/mol. The van der Waals surface area contributed by atoms with Crippen molar-refractivity contribution in [3.8, 4) is 5.75 Å². The minimum absolute atomic E-state index is 0.0522. The normalized spacial score (nSPS) is 24.2. The topological polar surface area (TPSA) is 38.8 Å². The molecule has 2 atom stereocenters. The summed E-state index contributed by atoms with van der Waals surface area (Å²) in [5, 5.41) is 0. The third-order valence-corrected chi connectivity index (χ3v) is 5.14. The van der Waals surface area contributed by atoms with Gasteiger partial charge in [-0.15, -0.1) is 0 Å². The van der Waals surface area contributed by atoms with E-state index in [2.05, 4.69) is 0 Å². The summed E-state index contributed by atoms with van der Waals surface area (Å²) >= 11 is 0. The molecule has 1 saturated heterocycles. The van der Waals surface area contributed by atoms with Crippen LogP contribution in [0.15, 0.2) is 48.5 Å². The summed E-state index contributed by atoms with van der Waals surface area (Å²) < 4.78 is 25.4. The Bertz CT molecular complexity index is 809. The number of para-hydroxylation sites is 1. The molecule has 2 aliphatic rings. The Kier molecular flexibility index (Phi) is 3.86. The van der Waals surface area contributed by atoms with Gasteiger partial charge in [-0.05, 0) is 30.7 Å². The second kappa shape index (κ2) is 6.06. The highest BCUT2D eigenvalue weighted by molar-refractivity contribution is 5.68. The van der Waals surface area contributed by atoms with Crippen LogP contribution >= 0.6 is 0 Å². The van der Waals surface area contributed by atoms with Crippen molar-refractivity contribution >= 4 is 6.09 Å². The number of hydrogen-bond acceptors (Lipinski definition) is 3. The van der Waals surface area contributed by atoms with Crippen LogP contribution in [0.1, 0.15) is 30.4 Å². The van der Waals surface area contributed by atoms with E-state index in [-0.39, 0.29) is 17.8 Å². The quantitative estimate of drug-likeness (QED) is 0.827. The Labute approximate surface area is 146 Å². The fourth-order valence-corrected chi connectivity index (χ4v) is 4.00. The molecular formula is C20H20FNO3. The van der Waals surface area contributed by atoms with Gasteiger partial charge in [0, 0.05) is 31.0 Å². The average Bonchev–Trinajstić information content (AvgIpc) is 2.97. The first kappa shape index (κ1) is 15.9. The van der Waals surface area contributed by atoms with E-state index < -0.39 is 5.60 Å². The molecule has 2 aromatic rings. The van der Waals surface area contributed by atoms with E-state index in [1.54, 1.807) is 24.0 Å². The molecule has 0 unspecified atom stereocenters. The summed E-state index contributed by atoms with van der Waals surface area (Å²) in [7, 11) is 0. The third kappa shape index (κ3) is 2.54. The first-order chi connectivity index (χ1) is 12.1. The number of halogens is 1. The Morgan fingerprint density at radius 2 is 2.16 bits per heavy atom. The maximum absolute atomic E-state index is 13.9. The van der Waals surface area contributed by atoms with E-state index in [0.717, 1.165) is 16.9 Å². The lowest BCUT2D eigenvalue weighted by molar-refractivity contribution is -0.00118. The fourth-order valence-electron chi connectivity index (χ4n) is 4.00. The van der Waals surface area contributed by atoms with Crippen LogP contribution in [0.3, 0.4) is 0 Å². The SMILES string of the molecule is CCOC(=O)N1CC[C@@]2(c3cccc(F)c3)Oc3ccccc3[C@H]2C1. The van der Waals surface area contributed by atoms with E-state index in [1.807, 2.05) is 30.3 Å². The molecule has 130 valence electrons. The number of likely N-dealkylation sites (tertiary alicyclic amines) is 1. The highest BCUT2D eigenvalue weighted by atomic mass is 19.1.